The van der Waals surface area contributed by atoms with E-state index in [1.807, 2.05) is 6.07 Å². The minimum atomic E-state index is -0.809. The number of aromatic hydroxyl groups is 1. The number of aliphatic hydroxyl groups excluding tert-OH is 2. The molecule has 0 aromatic heterocycles. The maximum Gasteiger partial charge on any atom is 0.224 e. The predicted octanol–water partition coefficient (Wildman–Crippen LogP) is 2.62. The summed E-state index contributed by atoms with van der Waals surface area (Å²) >= 11 is 0. The van der Waals surface area contributed by atoms with Crippen molar-refractivity contribution in [2.24, 2.45) is 28.9 Å². The quantitative estimate of drug-likeness (QED) is 0.333. The van der Waals surface area contributed by atoms with Gasteiger partial charge in [0.15, 0.2) is 5.78 Å². The summed E-state index contributed by atoms with van der Waals surface area (Å²) in [6, 6.07) is 3.49. The van der Waals surface area contributed by atoms with Gasteiger partial charge in [0, 0.05) is 21.8 Å². The summed E-state index contributed by atoms with van der Waals surface area (Å²) in [5.74, 6) is -2.57. The van der Waals surface area contributed by atoms with Gasteiger partial charge < -0.3 is 26.5 Å². The topological polar surface area (TPSA) is 169 Å². The number of phenols is 1. The van der Waals surface area contributed by atoms with Gasteiger partial charge in [0.1, 0.15) is 11.5 Å². The summed E-state index contributed by atoms with van der Waals surface area (Å²) in [6.45, 7) is 5.97. The van der Waals surface area contributed by atoms with E-state index in [-0.39, 0.29) is 56.6 Å². The van der Waals surface area contributed by atoms with E-state index in [2.05, 4.69) is 20.8 Å². The van der Waals surface area contributed by atoms with E-state index in [4.69, 9.17) is 5.73 Å². The molecule has 1 aliphatic carbocycles. The minimum Gasteiger partial charge on any atom is -0.507 e. The van der Waals surface area contributed by atoms with Crippen molar-refractivity contribution in [3.8, 4) is 5.75 Å². The summed E-state index contributed by atoms with van der Waals surface area (Å²) < 4.78 is 0. The van der Waals surface area contributed by atoms with Crippen molar-refractivity contribution < 1.29 is 38.0 Å². The summed E-state index contributed by atoms with van der Waals surface area (Å²) in [4.78, 5) is 36.6. The lowest BCUT2D eigenvalue weighted by atomic mass is 9.72. The lowest BCUT2D eigenvalue weighted by Gasteiger charge is -2.32. The summed E-state index contributed by atoms with van der Waals surface area (Å²) in [5.41, 5.74) is 7.70. The van der Waals surface area contributed by atoms with E-state index < -0.39 is 30.6 Å². The molecule has 1 aliphatic rings. The van der Waals surface area contributed by atoms with Crippen molar-refractivity contribution >= 4 is 17.5 Å². The van der Waals surface area contributed by atoms with Crippen LogP contribution in [0.3, 0.4) is 0 Å². The lowest BCUT2D eigenvalue weighted by molar-refractivity contribution is -0.131. The third kappa shape index (κ3) is 8.18. The van der Waals surface area contributed by atoms with Crippen LogP contribution >= 0.6 is 0 Å². The third-order valence-corrected chi connectivity index (χ3v) is 6.67. The molecule has 0 saturated heterocycles. The highest BCUT2D eigenvalue weighted by Gasteiger charge is 2.35. The SMILES string of the molecule is CC(C)(C)CCCc1ccc(O)c2c1CC(CC(CCO)C(CO)C(=O)CC(N)=O)CC2=O.O.[HH].[HH]. The fraction of sp³-hybridized carbons (Fsp3) is 0.654. The van der Waals surface area contributed by atoms with Gasteiger partial charge in [-0.3, -0.25) is 14.4 Å². The Bertz CT molecular complexity index is 871. The number of rotatable bonds is 12. The van der Waals surface area contributed by atoms with Crippen LogP contribution in [-0.2, 0) is 22.4 Å². The van der Waals surface area contributed by atoms with Crippen LogP contribution in [0.1, 0.15) is 83.6 Å². The lowest BCUT2D eigenvalue weighted by Crippen LogP contribution is -2.33. The van der Waals surface area contributed by atoms with E-state index in [1.54, 1.807) is 6.07 Å². The molecule has 1 aromatic rings. The highest BCUT2D eigenvalue weighted by molar-refractivity contribution is 6.01. The van der Waals surface area contributed by atoms with Crippen LogP contribution in [0.15, 0.2) is 12.1 Å². The number of Topliss-reactive ketones (excluding diaryl/α,β-unsaturated/α-hetero) is 2. The number of nitrogens with two attached hydrogens (primary N) is 1. The van der Waals surface area contributed by atoms with Crippen molar-refractivity contribution in [1.82, 2.24) is 0 Å². The first kappa shape index (κ1) is 29.7. The molecule has 3 unspecified atom stereocenters. The Morgan fingerprint density at radius 2 is 1.88 bits per heavy atom. The molecule has 0 aliphatic heterocycles. The molecule has 34 heavy (non-hydrogen) atoms. The zero-order valence-corrected chi connectivity index (χ0v) is 20.6. The molecule has 8 nitrogen and oxygen atoms in total. The molecule has 0 heterocycles. The smallest absolute Gasteiger partial charge is 0.224 e. The van der Waals surface area contributed by atoms with Crippen molar-refractivity contribution in [2.45, 2.75) is 72.1 Å². The van der Waals surface area contributed by atoms with Gasteiger partial charge in [0.2, 0.25) is 5.91 Å². The van der Waals surface area contributed by atoms with Crippen LogP contribution < -0.4 is 5.73 Å². The second-order valence-electron chi connectivity index (χ2n) is 10.6. The minimum absolute atomic E-state index is 0. The van der Waals surface area contributed by atoms with E-state index in [0.29, 0.717) is 18.4 Å². The fourth-order valence-corrected chi connectivity index (χ4v) is 5.05. The number of phenolic OH excluding ortho intramolecular Hbond substituents is 1. The molecule has 0 saturated carbocycles. The third-order valence-electron chi connectivity index (χ3n) is 6.67. The highest BCUT2D eigenvalue weighted by Crippen LogP contribution is 2.39. The Morgan fingerprint density at radius 1 is 1.21 bits per heavy atom. The Labute approximate surface area is 204 Å². The second-order valence-corrected chi connectivity index (χ2v) is 10.6. The van der Waals surface area contributed by atoms with Crippen LogP contribution in [0.2, 0.25) is 0 Å². The molecule has 8 heteroatoms. The van der Waals surface area contributed by atoms with Crippen molar-refractivity contribution in [2.75, 3.05) is 13.2 Å². The Balaban J connectivity index is 0. The zero-order valence-electron chi connectivity index (χ0n) is 20.6. The summed E-state index contributed by atoms with van der Waals surface area (Å²) in [7, 11) is 0. The van der Waals surface area contributed by atoms with Gasteiger partial charge >= 0.3 is 0 Å². The fourth-order valence-electron chi connectivity index (χ4n) is 5.05. The number of hydrogen-bond acceptors (Lipinski definition) is 6. The molecule has 1 aromatic carbocycles. The van der Waals surface area contributed by atoms with Crippen LogP contribution in [0.5, 0.6) is 5.75 Å². The first-order valence-corrected chi connectivity index (χ1v) is 11.9. The summed E-state index contributed by atoms with van der Waals surface area (Å²) in [5, 5.41) is 29.7. The molecule has 0 fully saturated rings. The van der Waals surface area contributed by atoms with E-state index >= 15 is 0 Å². The average molecular weight is 484 g/mol. The van der Waals surface area contributed by atoms with E-state index in [1.165, 1.54) is 0 Å². The number of carbonyl (C=O) groups is 3. The Hall–Kier alpha value is -2.29. The number of amides is 1. The largest absolute Gasteiger partial charge is 0.507 e. The van der Waals surface area contributed by atoms with Crippen LogP contribution in [0, 0.1) is 23.2 Å². The molecular weight excluding hydrogens is 438 g/mol. The van der Waals surface area contributed by atoms with Crippen molar-refractivity contribution in [3.63, 3.8) is 0 Å². The van der Waals surface area contributed by atoms with Crippen molar-refractivity contribution in [1.29, 1.82) is 0 Å². The van der Waals surface area contributed by atoms with Gasteiger partial charge in [-0.2, -0.15) is 0 Å². The van der Waals surface area contributed by atoms with Crippen LogP contribution in [-0.4, -0.2) is 51.5 Å². The summed E-state index contributed by atoms with van der Waals surface area (Å²) in [6.07, 6.45) is 3.94. The van der Waals surface area contributed by atoms with Gasteiger partial charge in [0.25, 0.3) is 0 Å². The monoisotopic (exact) mass is 483 g/mol. The van der Waals surface area contributed by atoms with Crippen molar-refractivity contribution in [3.05, 3.63) is 28.8 Å². The average Bonchev–Trinajstić information content (AvgIpc) is 2.68. The predicted molar refractivity (Wildman–Crippen MR) is 134 cm³/mol. The normalized spacial score (nSPS) is 17.4. The number of aliphatic hydroxyl groups is 2. The van der Waals surface area contributed by atoms with Crippen LogP contribution in [0.25, 0.3) is 0 Å². The van der Waals surface area contributed by atoms with Gasteiger partial charge in [-0.1, -0.05) is 26.8 Å². The van der Waals surface area contributed by atoms with Gasteiger partial charge in [-0.25, -0.2) is 0 Å². The number of hydrogen-bond donors (Lipinski definition) is 4. The van der Waals surface area contributed by atoms with Crippen LogP contribution in [0.4, 0.5) is 0 Å². The molecule has 0 bridgehead atoms. The van der Waals surface area contributed by atoms with Gasteiger partial charge in [-0.05, 0) is 73.0 Å². The van der Waals surface area contributed by atoms with Gasteiger partial charge in [0.05, 0.1) is 18.6 Å². The molecular formula is C26H45NO7. The number of primary amides is 1. The number of ketones is 2. The standard InChI is InChI=1S/C26H39NO6.H2O.2H2/c1-26(2,3)9-4-5-17-6-7-21(30)25-19(17)12-16(13-23(25)32)11-18(8-10-28)20(15-29)22(31)14-24(27)33;;;/h6-7,16,18,20,28-30H,4-5,8-15H2,1-3H3,(H2,27,33);1H2;2*1H. The first-order valence-electron chi connectivity index (χ1n) is 11.9. The molecule has 3 atom stereocenters. The maximum atomic E-state index is 13.0. The highest BCUT2D eigenvalue weighted by atomic mass is 16.3. The molecule has 0 radical (unpaired) electrons. The molecule has 7 N–H and O–H groups in total. The number of aryl methyl sites for hydroxylation is 1. The number of carbonyl (C=O) groups excluding carboxylic acids is 3. The molecule has 0 spiro atoms. The van der Waals surface area contributed by atoms with E-state index in [0.717, 1.165) is 30.4 Å². The Kier molecular flexibility index (Phi) is 11.3. The number of fused-ring (bicyclic) bond motifs is 1. The molecule has 196 valence electrons. The zero-order chi connectivity index (χ0) is 24.8. The molecule has 1 amide bonds. The first-order chi connectivity index (χ1) is 15.5. The molecule has 2 rings (SSSR count). The Morgan fingerprint density at radius 3 is 2.44 bits per heavy atom. The maximum absolute atomic E-state index is 13.0. The van der Waals surface area contributed by atoms with E-state index in [9.17, 15) is 29.7 Å². The van der Waals surface area contributed by atoms with Gasteiger partial charge in [-0.15, -0.1) is 0 Å². The second kappa shape index (κ2) is 13.0. The number of benzene rings is 1.